The molecule has 1 atom stereocenters. The number of piperazine rings is 1. The van der Waals surface area contributed by atoms with E-state index in [1.807, 2.05) is 6.07 Å². The van der Waals surface area contributed by atoms with Crippen molar-refractivity contribution in [3.8, 4) is 0 Å². The van der Waals surface area contributed by atoms with Crippen molar-refractivity contribution in [3.63, 3.8) is 0 Å². The molecule has 1 N–H and O–H groups in total. The maximum absolute atomic E-state index is 12.6. The van der Waals surface area contributed by atoms with Gasteiger partial charge in [-0.15, -0.1) is 23.7 Å². The molecule has 2 saturated heterocycles. The van der Waals surface area contributed by atoms with Crippen LogP contribution in [0.4, 0.5) is 0 Å². The normalized spacial score (nSPS) is 20.1. The number of amides is 1. The molecule has 0 radical (unpaired) electrons. The number of nitrogens with one attached hydrogen (secondary N) is 1. The van der Waals surface area contributed by atoms with E-state index in [1.54, 1.807) is 11.3 Å². The minimum Gasteiger partial charge on any atom is -0.340 e. The van der Waals surface area contributed by atoms with Crippen molar-refractivity contribution in [1.29, 1.82) is 0 Å². The standard InChI is InChI=1S/C18H24N4OS.ClH/c1-13(14-10-19-11-14)18(23)22-8-6-21(7-9-22)12-17-20-15-4-2-3-5-16(15)24-17;/h2-5,13-14,19H,6-12H2,1H3;1H. The van der Waals surface area contributed by atoms with Crippen LogP contribution in [-0.2, 0) is 11.3 Å². The van der Waals surface area contributed by atoms with E-state index in [2.05, 4.69) is 40.2 Å². The summed E-state index contributed by atoms with van der Waals surface area (Å²) in [7, 11) is 0. The van der Waals surface area contributed by atoms with Gasteiger partial charge in [-0.05, 0) is 31.1 Å². The fourth-order valence-electron chi connectivity index (χ4n) is 3.46. The van der Waals surface area contributed by atoms with E-state index in [-0.39, 0.29) is 18.3 Å². The van der Waals surface area contributed by atoms with Gasteiger partial charge in [-0.25, -0.2) is 4.98 Å². The number of halogens is 1. The zero-order valence-corrected chi connectivity index (χ0v) is 16.1. The second-order valence-corrected chi connectivity index (χ2v) is 8.00. The topological polar surface area (TPSA) is 48.5 Å². The quantitative estimate of drug-likeness (QED) is 0.883. The van der Waals surface area contributed by atoms with E-state index in [9.17, 15) is 4.79 Å². The fourth-order valence-corrected chi connectivity index (χ4v) is 4.47. The number of hydrogen-bond acceptors (Lipinski definition) is 5. The van der Waals surface area contributed by atoms with Crippen LogP contribution in [0.15, 0.2) is 24.3 Å². The van der Waals surface area contributed by atoms with Crippen molar-refractivity contribution in [2.75, 3.05) is 39.3 Å². The van der Waals surface area contributed by atoms with Crippen molar-refractivity contribution in [2.45, 2.75) is 13.5 Å². The lowest BCUT2D eigenvalue weighted by atomic mass is 9.88. The van der Waals surface area contributed by atoms with Gasteiger partial charge in [-0.3, -0.25) is 9.69 Å². The molecule has 0 aliphatic carbocycles. The van der Waals surface area contributed by atoms with Gasteiger partial charge < -0.3 is 10.2 Å². The third-order valence-corrected chi connectivity index (χ3v) is 6.31. The first kappa shape index (κ1) is 18.6. The number of carbonyl (C=O) groups is 1. The van der Waals surface area contributed by atoms with Crippen LogP contribution >= 0.6 is 23.7 Å². The minimum absolute atomic E-state index is 0. The summed E-state index contributed by atoms with van der Waals surface area (Å²) in [6.07, 6.45) is 0. The zero-order valence-electron chi connectivity index (χ0n) is 14.5. The maximum Gasteiger partial charge on any atom is 0.225 e. The first-order valence-electron chi connectivity index (χ1n) is 8.77. The first-order valence-corrected chi connectivity index (χ1v) is 9.58. The molecule has 2 aromatic rings. The van der Waals surface area contributed by atoms with Crippen molar-refractivity contribution in [3.05, 3.63) is 29.3 Å². The summed E-state index contributed by atoms with van der Waals surface area (Å²) < 4.78 is 1.25. The SMILES string of the molecule is CC(C(=O)N1CCN(Cc2nc3ccccc3s2)CC1)C1CNC1.Cl. The van der Waals surface area contributed by atoms with Gasteiger partial charge in [0.15, 0.2) is 0 Å². The van der Waals surface area contributed by atoms with E-state index < -0.39 is 0 Å². The Morgan fingerprint density at radius 2 is 2.00 bits per heavy atom. The third kappa shape index (κ3) is 3.97. The van der Waals surface area contributed by atoms with Gasteiger partial charge in [-0.2, -0.15) is 0 Å². The van der Waals surface area contributed by atoms with Crippen LogP contribution in [-0.4, -0.2) is 60.0 Å². The molecule has 0 spiro atoms. The van der Waals surface area contributed by atoms with Crippen LogP contribution in [0.2, 0.25) is 0 Å². The predicted molar refractivity (Wildman–Crippen MR) is 104 cm³/mol. The lowest BCUT2D eigenvalue weighted by Crippen LogP contribution is -2.54. The molecular weight excluding hydrogens is 356 g/mol. The van der Waals surface area contributed by atoms with E-state index in [0.29, 0.717) is 11.8 Å². The van der Waals surface area contributed by atoms with Crippen molar-refractivity contribution in [1.82, 2.24) is 20.1 Å². The lowest BCUT2D eigenvalue weighted by molar-refractivity contribution is -0.139. The molecular formula is C18H25ClN4OS. The Balaban J connectivity index is 0.00000182. The summed E-state index contributed by atoms with van der Waals surface area (Å²) in [5.74, 6) is 1.02. The largest absolute Gasteiger partial charge is 0.340 e. The molecule has 2 aliphatic heterocycles. The highest BCUT2D eigenvalue weighted by Crippen LogP contribution is 2.23. The number of carbonyl (C=O) groups excluding carboxylic acids is 1. The smallest absolute Gasteiger partial charge is 0.225 e. The van der Waals surface area contributed by atoms with Gasteiger partial charge >= 0.3 is 0 Å². The molecule has 2 fully saturated rings. The molecule has 1 aromatic heterocycles. The molecule has 0 bridgehead atoms. The van der Waals surface area contributed by atoms with Gasteiger partial charge in [-0.1, -0.05) is 19.1 Å². The van der Waals surface area contributed by atoms with Gasteiger partial charge in [0, 0.05) is 32.1 Å². The van der Waals surface area contributed by atoms with Gasteiger partial charge in [0.05, 0.1) is 16.8 Å². The average Bonchev–Trinajstić information content (AvgIpc) is 2.95. The number of thiazole rings is 1. The number of fused-ring (bicyclic) bond motifs is 1. The van der Waals surface area contributed by atoms with Crippen LogP contribution in [0.5, 0.6) is 0 Å². The van der Waals surface area contributed by atoms with Crippen molar-refractivity contribution in [2.24, 2.45) is 11.8 Å². The first-order chi connectivity index (χ1) is 11.7. The van der Waals surface area contributed by atoms with E-state index >= 15 is 0 Å². The molecule has 0 saturated carbocycles. The third-order valence-electron chi connectivity index (χ3n) is 5.29. The maximum atomic E-state index is 12.6. The molecule has 3 heterocycles. The summed E-state index contributed by atoms with van der Waals surface area (Å²) in [5, 5.41) is 4.43. The van der Waals surface area contributed by atoms with Crippen molar-refractivity contribution < 1.29 is 4.79 Å². The molecule has 2 aliphatic rings. The van der Waals surface area contributed by atoms with Crippen LogP contribution in [0, 0.1) is 11.8 Å². The number of rotatable bonds is 4. The Labute approximate surface area is 158 Å². The molecule has 7 heteroatoms. The van der Waals surface area contributed by atoms with E-state index in [0.717, 1.165) is 51.3 Å². The molecule has 1 aromatic carbocycles. The molecule has 25 heavy (non-hydrogen) atoms. The Morgan fingerprint density at radius 3 is 2.64 bits per heavy atom. The highest BCUT2D eigenvalue weighted by atomic mass is 35.5. The highest BCUT2D eigenvalue weighted by Gasteiger charge is 2.32. The second-order valence-electron chi connectivity index (χ2n) is 6.88. The summed E-state index contributed by atoms with van der Waals surface area (Å²) in [6, 6.07) is 8.30. The Bertz CT molecular complexity index is 692. The number of nitrogens with zero attached hydrogens (tertiary/aromatic N) is 3. The van der Waals surface area contributed by atoms with E-state index in [1.165, 1.54) is 9.71 Å². The summed E-state index contributed by atoms with van der Waals surface area (Å²) in [4.78, 5) is 21.8. The molecule has 4 rings (SSSR count). The number of aromatic nitrogens is 1. The van der Waals surface area contributed by atoms with Gasteiger partial charge in [0.1, 0.15) is 5.01 Å². The van der Waals surface area contributed by atoms with E-state index in [4.69, 9.17) is 4.98 Å². The number of hydrogen-bond donors (Lipinski definition) is 1. The monoisotopic (exact) mass is 380 g/mol. The average molecular weight is 381 g/mol. The Kier molecular flexibility index (Phi) is 5.94. The summed E-state index contributed by atoms with van der Waals surface area (Å²) in [6.45, 7) is 8.52. The highest BCUT2D eigenvalue weighted by molar-refractivity contribution is 7.18. The van der Waals surface area contributed by atoms with Crippen LogP contribution in [0.1, 0.15) is 11.9 Å². The lowest BCUT2D eigenvalue weighted by Gasteiger charge is -2.39. The fraction of sp³-hybridized carbons (Fsp3) is 0.556. The zero-order chi connectivity index (χ0) is 16.5. The Hall–Kier alpha value is -1.21. The molecule has 136 valence electrons. The molecule has 1 amide bonds. The summed E-state index contributed by atoms with van der Waals surface area (Å²) in [5.41, 5.74) is 1.09. The van der Waals surface area contributed by atoms with Gasteiger partial charge in [0.25, 0.3) is 0 Å². The van der Waals surface area contributed by atoms with Crippen molar-refractivity contribution >= 4 is 39.9 Å². The van der Waals surface area contributed by atoms with Gasteiger partial charge in [0.2, 0.25) is 5.91 Å². The van der Waals surface area contributed by atoms with Crippen LogP contribution in [0.3, 0.4) is 0 Å². The Morgan fingerprint density at radius 1 is 1.28 bits per heavy atom. The number of benzene rings is 1. The second kappa shape index (κ2) is 7.99. The number of para-hydroxylation sites is 1. The molecule has 5 nitrogen and oxygen atoms in total. The molecule has 1 unspecified atom stereocenters. The van der Waals surface area contributed by atoms with Crippen LogP contribution in [0.25, 0.3) is 10.2 Å². The minimum atomic E-state index is 0. The van der Waals surface area contributed by atoms with Crippen LogP contribution < -0.4 is 5.32 Å². The summed E-state index contributed by atoms with van der Waals surface area (Å²) >= 11 is 1.78. The predicted octanol–water partition coefficient (Wildman–Crippen LogP) is 2.22.